The van der Waals surface area contributed by atoms with Crippen molar-refractivity contribution in [2.75, 3.05) is 6.54 Å². The first kappa shape index (κ1) is 13.7. The highest BCUT2D eigenvalue weighted by Gasteiger charge is 2.94. The van der Waals surface area contributed by atoms with Crippen LogP contribution in [0.15, 0.2) is 12.2 Å². The third-order valence-electron chi connectivity index (χ3n) is 10.5. The number of nitrogens with zero attached hydrogens (tertiary/aromatic N) is 1. The van der Waals surface area contributed by atoms with Gasteiger partial charge in [-0.2, -0.15) is 0 Å². The van der Waals surface area contributed by atoms with Crippen molar-refractivity contribution in [2.24, 2.45) is 34.0 Å². The molecule has 5 saturated heterocycles. The minimum absolute atomic E-state index is 0.116. The zero-order valence-electron chi connectivity index (χ0n) is 14.3. The molecule has 24 heavy (non-hydrogen) atoms. The molecule has 11 fully saturated rings. The quantitative estimate of drug-likeness (QED) is 0.586. The fourth-order valence-corrected chi connectivity index (χ4v) is 10.3. The van der Waals surface area contributed by atoms with Crippen LogP contribution in [0.5, 0.6) is 0 Å². The molecule has 11 atom stereocenters. The van der Waals surface area contributed by atoms with Crippen molar-refractivity contribution in [1.29, 1.82) is 0 Å². The van der Waals surface area contributed by atoms with E-state index in [4.69, 9.17) is 0 Å². The first-order valence-corrected chi connectivity index (χ1v) is 9.80. The standard InChI is InChI=1S/C20H27NO3/c1-10-4-18-13-7-17(10,23)8-14(18)20(24)19(13)6-11(22)5-16(2)9-21(20)15(18)3-12(16)19/h11-15,22-24H,1,3-9H2,2H3. The lowest BCUT2D eigenvalue weighted by molar-refractivity contribution is -0.361. The van der Waals surface area contributed by atoms with Crippen molar-refractivity contribution in [2.45, 2.75) is 68.9 Å². The topological polar surface area (TPSA) is 63.9 Å². The van der Waals surface area contributed by atoms with Crippen LogP contribution in [-0.2, 0) is 0 Å². The van der Waals surface area contributed by atoms with E-state index < -0.39 is 11.3 Å². The number of aliphatic hydroxyl groups excluding tert-OH is 1. The van der Waals surface area contributed by atoms with E-state index in [1.807, 2.05) is 0 Å². The van der Waals surface area contributed by atoms with Gasteiger partial charge >= 0.3 is 0 Å². The Balaban J connectivity index is 1.57. The lowest BCUT2D eigenvalue weighted by atomic mass is 9.35. The number of fused-ring (bicyclic) bond motifs is 1. The van der Waals surface area contributed by atoms with Crippen molar-refractivity contribution in [3.05, 3.63) is 12.2 Å². The van der Waals surface area contributed by atoms with Crippen molar-refractivity contribution in [3.63, 3.8) is 0 Å². The molecule has 3 N–H and O–H groups in total. The summed E-state index contributed by atoms with van der Waals surface area (Å²) >= 11 is 0. The van der Waals surface area contributed by atoms with E-state index in [0.717, 1.165) is 37.8 Å². The van der Waals surface area contributed by atoms with Crippen LogP contribution < -0.4 is 0 Å². The maximum atomic E-state index is 12.2. The molecule has 10 bridgehead atoms. The van der Waals surface area contributed by atoms with E-state index in [9.17, 15) is 15.3 Å². The zero-order valence-corrected chi connectivity index (χ0v) is 14.3. The number of hydrogen-bond acceptors (Lipinski definition) is 4. The summed E-state index contributed by atoms with van der Waals surface area (Å²) in [6.45, 7) is 7.52. The second kappa shape index (κ2) is 3.17. The van der Waals surface area contributed by atoms with Crippen LogP contribution in [0.1, 0.15) is 45.4 Å². The molecule has 0 amide bonds. The maximum absolute atomic E-state index is 12.2. The van der Waals surface area contributed by atoms with Gasteiger partial charge in [0.1, 0.15) is 5.72 Å². The van der Waals surface area contributed by atoms with Crippen molar-refractivity contribution >= 4 is 0 Å². The van der Waals surface area contributed by atoms with Crippen LogP contribution in [0.3, 0.4) is 0 Å². The van der Waals surface area contributed by atoms with Gasteiger partial charge in [-0.05, 0) is 61.3 Å². The third-order valence-corrected chi connectivity index (χ3v) is 10.5. The first-order chi connectivity index (χ1) is 11.2. The number of rotatable bonds is 0. The highest BCUT2D eigenvalue weighted by Crippen LogP contribution is 2.90. The zero-order chi connectivity index (χ0) is 16.5. The summed E-state index contributed by atoms with van der Waals surface area (Å²) in [6.07, 6.45) is 4.84. The summed E-state index contributed by atoms with van der Waals surface area (Å²) in [7, 11) is 0. The van der Waals surface area contributed by atoms with Crippen LogP contribution in [0.25, 0.3) is 0 Å². The molecular formula is C20H27NO3. The minimum atomic E-state index is -0.794. The van der Waals surface area contributed by atoms with Gasteiger partial charge < -0.3 is 15.3 Å². The molecule has 11 unspecified atom stereocenters. The molecule has 0 aromatic heterocycles. The summed E-state index contributed by atoms with van der Waals surface area (Å²) in [6, 6.07) is 0.467. The predicted molar refractivity (Wildman–Crippen MR) is 86.7 cm³/mol. The molecule has 6 aliphatic carbocycles. The molecule has 0 aromatic rings. The van der Waals surface area contributed by atoms with Gasteiger partial charge in [0.05, 0.1) is 11.7 Å². The second-order valence-electron chi connectivity index (χ2n) is 10.9. The Labute approximate surface area is 142 Å². The summed E-state index contributed by atoms with van der Waals surface area (Å²) in [5, 5.41) is 34.3. The van der Waals surface area contributed by atoms with Gasteiger partial charge in [-0.25, -0.2) is 0 Å². The maximum Gasteiger partial charge on any atom is 0.128 e. The monoisotopic (exact) mass is 329 g/mol. The Morgan fingerprint density at radius 1 is 1.08 bits per heavy atom. The summed E-state index contributed by atoms with van der Waals surface area (Å²) < 4.78 is 0. The normalized spacial score (nSPS) is 76.1. The van der Waals surface area contributed by atoms with E-state index in [1.165, 1.54) is 6.42 Å². The lowest BCUT2D eigenvalue weighted by Gasteiger charge is -2.77. The Kier molecular flexibility index (Phi) is 1.82. The molecule has 0 aromatic carbocycles. The van der Waals surface area contributed by atoms with Gasteiger partial charge in [0.15, 0.2) is 0 Å². The van der Waals surface area contributed by atoms with Crippen LogP contribution in [0, 0.1) is 34.0 Å². The Morgan fingerprint density at radius 3 is 2.62 bits per heavy atom. The Bertz CT molecular complexity index is 738. The summed E-state index contributed by atoms with van der Waals surface area (Å²) in [5.41, 5.74) is -0.525. The van der Waals surface area contributed by atoms with E-state index in [0.29, 0.717) is 24.3 Å². The van der Waals surface area contributed by atoms with E-state index >= 15 is 0 Å². The van der Waals surface area contributed by atoms with Gasteiger partial charge in [0, 0.05) is 29.3 Å². The van der Waals surface area contributed by atoms with Gasteiger partial charge in [-0.15, -0.1) is 0 Å². The molecule has 11 rings (SSSR count). The molecular weight excluding hydrogens is 302 g/mol. The molecule has 2 spiro atoms. The van der Waals surface area contributed by atoms with Crippen LogP contribution >= 0.6 is 0 Å². The van der Waals surface area contributed by atoms with Gasteiger partial charge in [-0.3, -0.25) is 4.90 Å². The number of aliphatic hydroxyl groups is 3. The number of piperidine rings is 4. The molecule has 11 aliphatic rings. The average molecular weight is 329 g/mol. The fraction of sp³-hybridized carbons (Fsp3) is 0.900. The average Bonchev–Trinajstić information content (AvgIpc) is 2.71. The molecule has 4 nitrogen and oxygen atoms in total. The molecule has 5 heterocycles. The Morgan fingerprint density at radius 2 is 1.83 bits per heavy atom. The smallest absolute Gasteiger partial charge is 0.128 e. The van der Waals surface area contributed by atoms with Crippen LogP contribution in [0.4, 0.5) is 0 Å². The van der Waals surface area contributed by atoms with E-state index in [2.05, 4.69) is 18.4 Å². The fourth-order valence-electron chi connectivity index (χ4n) is 10.3. The molecule has 5 aliphatic heterocycles. The number of hydrogen-bond donors (Lipinski definition) is 3. The molecule has 130 valence electrons. The van der Waals surface area contributed by atoms with E-state index in [-0.39, 0.29) is 28.3 Å². The van der Waals surface area contributed by atoms with Crippen LogP contribution in [-0.4, -0.2) is 50.2 Å². The second-order valence-corrected chi connectivity index (χ2v) is 10.9. The van der Waals surface area contributed by atoms with Crippen molar-refractivity contribution < 1.29 is 15.3 Å². The third kappa shape index (κ3) is 0.903. The summed E-state index contributed by atoms with van der Waals surface area (Å²) in [4.78, 5) is 2.46. The highest BCUT2D eigenvalue weighted by molar-refractivity contribution is 5.46. The molecule has 0 radical (unpaired) electrons. The molecule has 6 saturated carbocycles. The Hall–Kier alpha value is -0.420. The van der Waals surface area contributed by atoms with Gasteiger partial charge in [0.25, 0.3) is 0 Å². The highest BCUT2D eigenvalue weighted by atomic mass is 16.3. The van der Waals surface area contributed by atoms with E-state index in [1.54, 1.807) is 0 Å². The SMILES string of the molecule is C=C1CC23C4CC5C6(C)CC(O)CC57C2CC1(O)CC3C7(O)N4C6. The van der Waals surface area contributed by atoms with Crippen molar-refractivity contribution in [1.82, 2.24) is 4.90 Å². The first-order valence-electron chi connectivity index (χ1n) is 9.80. The predicted octanol–water partition coefficient (Wildman–Crippen LogP) is 1.26. The van der Waals surface area contributed by atoms with Crippen molar-refractivity contribution in [3.8, 4) is 0 Å². The van der Waals surface area contributed by atoms with Crippen LogP contribution in [0.2, 0.25) is 0 Å². The van der Waals surface area contributed by atoms with Gasteiger partial charge in [0.2, 0.25) is 0 Å². The van der Waals surface area contributed by atoms with Gasteiger partial charge in [-0.1, -0.05) is 13.5 Å². The summed E-state index contributed by atoms with van der Waals surface area (Å²) in [5.74, 6) is 1.04. The minimum Gasteiger partial charge on any atom is -0.393 e. The largest absolute Gasteiger partial charge is 0.393 e. The lowest BCUT2D eigenvalue weighted by Crippen LogP contribution is -2.82. The molecule has 4 heteroatoms.